The van der Waals surface area contributed by atoms with Gasteiger partial charge in [-0.2, -0.15) is 0 Å². The van der Waals surface area contributed by atoms with Gasteiger partial charge >= 0.3 is 0 Å². The molecule has 1 atom stereocenters. The van der Waals surface area contributed by atoms with Gasteiger partial charge in [-0.3, -0.25) is 0 Å². The first-order valence-electron chi connectivity index (χ1n) is 3.75. The Morgan fingerprint density at radius 3 is 3.00 bits per heavy atom. The highest BCUT2D eigenvalue weighted by Crippen LogP contribution is 2.06. The van der Waals surface area contributed by atoms with E-state index in [2.05, 4.69) is 10.0 Å². The molecule has 4 heteroatoms. The summed E-state index contributed by atoms with van der Waals surface area (Å²) in [7, 11) is 0. The lowest BCUT2D eigenvalue weighted by molar-refractivity contribution is -0.107. The molecule has 0 aromatic carbocycles. The van der Waals surface area contributed by atoms with Gasteiger partial charge in [-0.25, -0.2) is 0 Å². The summed E-state index contributed by atoms with van der Waals surface area (Å²) in [6.07, 6.45) is 3.38. The summed E-state index contributed by atoms with van der Waals surface area (Å²) in [5.74, 6) is 0.394. The van der Waals surface area contributed by atoms with Crippen LogP contribution in [0, 0.1) is 5.92 Å². The summed E-state index contributed by atoms with van der Waals surface area (Å²) in [5.41, 5.74) is 7.99. The van der Waals surface area contributed by atoms with Crippen molar-refractivity contribution in [2.75, 3.05) is 6.54 Å². The Bertz CT molecular complexity index is 152. The van der Waals surface area contributed by atoms with Crippen molar-refractivity contribution >= 4 is 6.29 Å². The number of nitrogens with zero attached hydrogens (tertiary/aromatic N) is 3. The second kappa shape index (κ2) is 7.09. The first kappa shape index (κ1) is 9.98. The van der Waals surface area contributed by atoms with E-state index in [4.69, 9.17) is 5.53 Å². The maximum atomic E-state index is 9.92. The molecule has 0 aromatic heterocycles. The summed E-state index contributed by atoms with van der Waals surface area (Å²) in [6.45, 7) is 2.55. The molecule has 0 rings (SSSR count). The van der Waals surface area contributed by atoms with E-state index >= 15 is 0 Å². The zero-order valence-electron chi connectivity index (χ0n) is 6.73. The van der Waals surface area contributed by atoms with Crippen LogP contribution >= 0.6 is 0 Å². The number of rotatable bonds is 6. The molecule has 62 valence electrons. The summed E-state index contributed by atoms with van der Waals surface area (Å²) in [6, 6.07) is 0. The van der Waals surface area contributed by atoms with Gasteiger partial charge in [0, 0.05) is 17.9 Å². The minimum absolute atomic E-state index is 0.394. The van der Waals surface area contributed by atoms with Gasteiger partial charge in [0.2, 0.25) is 0 Å². The number of carbonyl (C=O) groups is 1. The molecule has 0 radical (unpaired) electrons. The van der Waals surface area contributed by atoms with E-state index in [0.717, 1.165) is 19.1 Å². The van der Waals surface area contributed by atoms with Crippen LogP contribution < -0.4 is 0 Å². The van der Waals surface area contributed by atoms with Crippen LogP contribution in [0.2, 0.25) is 0 Å². The van der Waals surface area contributed by atoms with E-state index in [1.165, 1.54) is 0 Å². The monoisotopic (exact) mass is 155 g/mol. The van der Waals surface area contributed by atoms with Gasteiger partial charge < -0.3 is 4.79 Å². The molecular formula is C7H13N3O. The molecule has 0 spiro atoms. The van der Waals surface area contributed by atoms with Crippen LogP contribution in [0.25, 0.3) is 10.4 Å². The van der Waals surface area contributed by atoms with Crippen molar-refractivity contribution in [2.24, 2.45) is 11.0 Å². The van der Waals surface area contributed by atoms with Crippen LogP contribution in [-0.4, -0.2) is 12.8 Å². The van der Waals surface area contributed by atoms with Gasteiger partial charge in [-0.1, -0.05) is 18.5 Å². The summed E-state index contributed by atoms with van der Waals surface area (Å²) >= 11 is 0. The van der Waals surface area contributed by atoms with Crippen LogP contribution in [0.1, 0.15) is 26.2 Å². The topological polar surface area (TPSA) is 65.8 Å². The second-order valence-electron chi connectivity index (χ2n) is 2.62. The molecule has 0 unspecified atom stereocenters. The fraction of sp³-hybridized carbons (Fsp3) is 0.857. The molecule has 4 nitrogen and oxygen atoms in total. The quantitative estimate of drug-likeness (QED) is 0.191. The summed E-state index contributed by atoms with van der Waals surface area (Å²) in [4.78, 5) is 12.6. The molecule has 0 saturated carbocycles. The number of unbranched alkanes of at least 4 members (excludes halogenated alkanes) is 1. The van der Waals surface area contributed by atoms with Crippen molar-refractivity contribution in [3.8, 4) is 0 Å². The van der Waals surface area contributed by atoms with E-state index in [0.29, 0.717) is 18.9 Å². The molecule has 0 aromatic rings. The highest BCUT2D eigenvalue weighted by Gasteiger charge is 1.98. The Labute approximate surface area is 66.2 Å². The van der Waals surface area contributed by atoms with Gasteiger partial charge in [0.25, 0.3) is 0 Å². The molecule has 0 saturated heterocycles. The third kappa shape index (κ3) is 6.87. The van der Waals surface area contributed by atoms with Gasteiger partial charge in [0.1, 0.15) is 6.29 Å². The lowest BCUT2D eigenvalue weighted by atomic mass is 10.1. The molecule has 0 fully saturated rings. The minimum atomic E-state index is 0.394. The van der Waals surface area contributed by atoms with Crippen LogP contribution in [0.15, 0.2) is 5.11 Å². The average Bonchev–Trinajstić information content (AvgIpc) is 2.01. The third-order valence-electron chi connectivity index (χ3n) is 1.48. The molecule has 0 amide bonds. The SMILES string of the molecule is C[C@H](CCCC=O)CN=[N+]=[N-]. The number of hydrogen-bond donors (Lipinski definition) is 0. The average molecular weight is 155 g/mol. The largest absolute Gasteiger partial charge is 0.303 e. The number of aldehydes is 1. The van der Waals surface area contributed by atoms with Crippen molar-refractivity contribution in [2.45, 2.75) is 26.2 Å². The predicted molar refractivity (Wildman–Crippen MR) is 43.1 cm³/mol. The standard InChI is InChI=1S/C7H13N3O/c1-7(6-9-10-8)4-2-3-5-11/h5,7H,2-4,6H2,1H3/t7-/m1/s1. The molecule has 0 N–H and O–H groups in total. The maximum Gasteiger partial charge on any atom is 0.119 e. The Morgan fingerprint density at radius 1 is 1.73 bits per heavy atom. The van der Waals surface area contributed by atoms with Crippen molar-refractivity contribution in [1.82, 2.24) is 0 Å². The Morgan fingerprint density at radius 2 is 2.45 bits per heavy atom. The van der Waals surface area contributed by atoms with Gasteiger partial charge in [0.05, 0.1) is 0 Å². The summed E-state index contributed by atoms with van der Waals surface area (Å²) in [5, 5.41) is 3.44. The van der Waals surface area contributed by atoms with Crippen molar-refractivity contribution < 1.29 is 4.79 Å². The maximum absolute atomic E-state index is 9.92. The molecule has 0 bridgehead atoms. The normalized spacial score (nSPS) is 11.7. The summed E-state index contributed by atoms with van der Waals surface area (Å²) < 4.78 is 0. The van der Waals surface area contributed by atoms with E-state index in [1.54, 1.807) is 0 Å². The van der Waals surface area contributed by atoms with E-state index in [1.807, 2.05) is 6.92 Å². The third-order valence-corrected chi connectivity index (χ3v) is 1.48. The molecule has 11 heavy (non-hydrogen) atoms. The smallest absolute Gasteiger partial charge is 0.119 e. The molecule has 0 aliphatic rings. The van der Waals surface area contributed by atoms with Crippen LogP contribution in [0.3, 0.4) is 0 Å². The highest BCUT2D eigenvalue weighted by atomic mass is 16.1. The first-order valence-corrected chi connectivity index (χ1v) is 3.75. The zero-order valence-corrected chi connectivity index (χ0v) is 6.73. The van der Waals surface area contributed by atoms with Gasteiger partial charge in [-0.05, 0) is 17.9 Å². The lowest BCUT2D eigenvalue weighted by Crippen LogP contribution is -1.98. The van der Waals surface area contributed by atoms with Gasteiger partial charge in [-0.15, -0.1) is 0 Å². The highest BCUT2D eigenvalue weighted by molar-refractivity contribution is 5.48. The van der Waals surface area contributed by atoms with E-state index in [-0.39, 0.29) is 0 Å². The number of hydrogen-bond acceptors (Lipinski definition) is 2. The number of carbonyl (C=O) groups excluding carboxylic acids is 1. The molecule has 0 aliphatic heterocycles. The van der Waals surface area contributed by atoms with Crippen molar-refractivity contribution in [1.29, 1.82) is 0 Å². The fourth-order valence-electron chi connectivity index (χ4n) is 0.817. The molecule has 0 heterocycles. The molecule has 0 aliphatic carbocycles. The van der Waals surface area contributed by atoms with Crippen molar-refractivity contribution in [3.05, 3.63) is 10.4 Å². The predicted octanol–water partition coefficient (Wildman–Crippen LogP) is 2.30. The zero-order chi connectivity index (χ0) is 8.53. The first-order chi connectivity index (χ1) is 5.31. The van der Waals surface area contributed by atoms with Crippen LogP contribution in [0.4, 0.5) is 0 Å². The van der Waals surface area contributed by atoms with E-state index < -0.39 is 0 Å². The minimum Gasteiger partial charge on any atom is -0.303 e. The van der Waals surface area contributed by atoms with E-state index in [9.17, 15) is 4.79 Å². The van der Waals surface area contributed by atoms with Crippen LogP contribution in [0.5, 0.6) is 0 Å². The molecular weight excluding hydrogens is 142 g/mol. The Hall–Kier alpha value is -1.02. The van der Waals surface area contributed by atoms with Crippen molar-refractivity contribution in [3.63, 3.8) is 0 Å². The van der Waals surface area contributed by atoms with Crippen LogP contribution in [-0.2, 0) is 4.79 Å². The van der Waals surface area contributed by atoms with Gasteiger partial charge in [0.15, 0.2) is 0 Å². The Balaban J connectivity index is 3.28. The Kier molecular flexibility index (Phi) is 6.43. The fourth-order valence-corrected chi connectivity index (χ4v) is 0.817. The lowest BCUT2D eigenvalue weighted by Gasteiger charge is -2.04. The number of azide groups is 1. The second-order valence-corrected chi connectivity index (χ2v) is 2.62.